The summed E-state index contributed by atoms with van der Waals surface area (Å²) < 4.78 is 11.1. The van der Waals surface area contributed by atoms with Crippen LogP contribution in [-0.4, -0.2) is 19.6 Å². The molecule has 2 N–H and O–H groups in total. The van der Waals surface area contributed by atoms with Crippen LogP contribution < -0.4 is 20.3 Å². The van der Waals surface area contributed by atoms with E-state index in [0.717, 1.165) is 12.1 Å². The number of nitrogens with one attached hydrogen (secondary N) is 2. The Kier molecular flexibility index (Phi) is 6.95. The quantitative estimate of drug-likeness (QED) is 0.677. The van der Waals surface area contributed by atoms with Gasteiger partial charge < -0.3 is 9.47 Å². The Hall–Kier alpha value is -2.40. The van der Waals surface area contributed by atoms with Gasteiger partial charge in [0.15, 0.2) is 11.5 Å². The zero-order valence-electron chi connectivity index (χ0n) is 14.6. The van der Waals surface area contributed by atoms with E-state index in [-0.39, 0.29) is 5.91 Å². The maximum absolute atomic E-state index is 12.3. The maximum atomic E-state index is 12.3. The summed E-state index contributed by atoms with van der Waals surface area (Å²) in [6.07, 6.45) is 0.905. The topological polar surface area (TPSA) is 59.6 Å². The number of para-hydroxylation sites is 1. The predicted octanol–water partition coefficient (Wildman–Crippen LogP) is 4.53. The number of hydrazine groups is 1. The van der Waals surface area contributed by atoms with Crippen molar-refractivity contribution in [2.75, 3.05) is 19.1 Å². The van der Waals surface area contributed by atoms with E-state index in [1.807, 2.05) is 30.3 Å². The second-order valence-corrected chi connectivity index (χ2v) is 6.37. The molecule has 0 spiro atoms. The first-order chi connectivity index (χ1) is 12.0. The van der Waals surface area contributed by atoms with E-state index in [1.165, 1.54) is 7.11 Å². The summed E-state index contributed by atoms with van der Waals surface area (Å²) in [6, 6.07) is 12.5. The Bertz CT molecular complexity index is 705. The van der Waals surface area contributed by atoms with Crippen LogP contribution in [-0.2, 0) is 0 Å². The zero-order chi connectivity index (χ0) is 18.2. The van der Waals surface area contributed by atoms with Crippen molar-refractivity contribution in [2.45, 2.75) is 20.3 Å². The van der Waals surface area contributed by atoms with E-state index < -0.39 is 0 Å². The molecule has 0 radical (unpaired) electrons. The lowest BCUT2D eigenvalue weighted by molar-refractivity contribution is 0.0962. The van der Waals surface area contributed by atoms with Crippen molar-refractivity contribution in [1.82, 2.24) is 5.43 Å². The molecule has 2 rings (SSSR count). The predicted molar refractivity (Wildman–Crippen MR) is 100 cm³/mol. The molecule has 0 aromatic heterocycles. The molecule has 0 aliphatic rings. The van der Waals surface area contributed by atoms with Crippen molar-refractivity contribution in [2.24, 2.45) is 5.92 Å². The Labute approximate surface area is 153 Å². The SMILES string of the molecule is COc1cc(C(=O)NNc2ccccc2)cc(Cl)c1OCCC(C)C. The number of anilines is 1. The van der Waals surface area contributed by atoms with Gasteiger partial charge in [-0.15, -0.1) is 0 Å². The smallest absolute Gasteiger partial charge is 0.269 e. The number of carbonyl (C=O) groups is 1. The minimum Gasteiger partial charge on any atom is -0.493 e. The lowest BCUT2D eigenvalue weighted by Crippen LogP contribution is -2.29. The molecule has 25 heavy (non-hydrogen) atoms. The van der Waals surface area contributed by atoms with Crippen LogP contribution in [0.25, 0.3) is 0 Å². The average Bonchev–Trinajstić information content (AvgIpc) is 2.61. The Balaban J connectivity index is 2.08. The molecule has 0 unspecified atom stereocenters. The Morgan fingerprint density at radius 1 is 1.20 bits per heavy atom. The highest BCUT2D eigenvalue weighted by atomic mass is 35.5. The molecule has 0 saturated heterocycles. The fourth-order valence-corrected chi connectivity index (χ4v) is 2.38. The monoisotopic (exact) mass is 362 g/mol. The zero-order valence-corrected chi connectivity index (χ0v) is 15.4. The number of rotatable bonds is 8. The van der Waals surface area contributed by atoms with Crippen LogP contribution in [0.2, 0.25) is 5.02 Å². The highest BCUT2D eigenvalue weighted by Crippen LogP contribution is 2.36. The van der Waals surface area contributed by atoms with Crippen LogP contribution in [0.4, 0.5) is 5.69 Å². The number of methoxy groups -OCH3 is 1. The molecular formula is C19H23ClN2O3. The van der Waals surface area contributed by atoms with E-state index in [1.54, 1.807) is 12.1 Å². The minimum absolute atomic E-state index is 0.321. The third kappa shape index (κ3) is 5.57. The molecule has 0 saturated carbocycles. The normalized spacial score (nSPS) is 10.4. The van der Waals surface area contributed by atoms with Gasteiger partial charge in [0.1, 0.15) is 0 Å². The van der Waals surface area contributed by atoms with Crippen molar-refractivity contribution in [1.29, 1.82) is 0 Å². The lowest BCUT2D eigenvalue weighted by atomic mass is 10.1. The highest BCUT2D eigenvalue weighted by Gasteiger charge is 2.16. The van der Waals surface area contributed by atoms with E-state index in [9.17, 15) is 4.79 Å². The molecule has 0 aliphatic heterocycles. The molecule has 0 atom stereocenters. The van der Waals surface area contributed by atoms with E-state index >= 15 is 0 Å². The van der Waals surface area contributed by atoms with Crippen molar-refractivity contribution < 1.29 is 14.3 Å². The van der Waals surface area contributed by atoms with Crippen molar-refractivity contribution in [3.8, 4) is 11.5 Å². The first kappa shape index (κ1) is 18.9. The molecule has 6 heteroatoms. The molecular weight excluding hydrogens is 340 g/mol. The standard InChI is InChI=1S/C19H23ClN2O3/c1-13(2)9-10-25-18-16(20)11-14(12-17(18)24-3)19(23)22-21-15-7-5-4-6-8-15/h4-8,11-13,21H,9-10H2,1-3H3,(H,22,23). The Morgan fingerprint density at radius 2 is 1.92 bits per heavy atom. The largest absolute Gasteiger partial charge is 0.493 e. The first-order valence-electron chi connectivity index (χ1n) is 8.13. The van der Waals surface area contributed by atoms with Crippen LogP contribution >= 0.6 is 11.6 Å². The second-order valence-electron chi connectivity index (χ2n) is 5.97. The fourth-order valence-electron chi connectivity index (χ4n) is 2.11. The number of hydrogen-bond acceptors (Lipinski definition) is 4. The average molecular weight is 363 g/mol. The van der Waals surface area contributed by atoms with Crippen LogP contribution in [0.15, 0.2) is 42.5 Å². The third-order valence-corrected chi connectivity index (χ3v) is 3.81. The van der Waals surface area contributed by atoms with Gasteiger partial charge in [0.2, 0.25) is 0 Å². The molecule has 0 fully saturated rings. The summed E-state index contributed by atoms with van der Waals surface area (Å²) in [4.78, 5) is 12.3. The molecule has 0 heterocycles. The van der Waals surface area contributed by atoms with E-state index in [2.05, 4.69) is 24.7 Å². The van der Waals surface area contributed by atoms with Gasteiger partial charge in [-0.3, -0.25) is 15.6 Å². The number of benzene rings is 2. The van der Waals surface area contributed by atoms with Crippen LogP contribution in [0.3, 0.4) is 0 Å². The Morgan fingerprint density at radius 3 is 2.56 bits per heavy atom. The summed E-state index contributed by atoms with van der Waals surface area (Å²) in [5.74, 6) is 1.09. The van der Waals surface area contributed by atoms with Gasteiger partial charge >= 0.3 is 0 Å². The lowest BCUT2D eigenvalue weighted by Gasteiger charge is -2.15. The molecule has 0 bridgehead atoms. The number of hydrogen-bond donors (Lipinski definition) is 2. The summed E-state index contributed by atoms with van der Waals surface area (Å²) >= 11 is 6.28. The fraction of sp³-hybridized carbons (Fsp3) is 0.316. The minimum atomic E-state index is -0.321. The van der Waals surface area contributed by atoms with E-state index in [0.29, 0.717) is 34.6 Å². The molecule has 2 aromatic rings. The van der Waals surface area contributed by atoms with Crippen LogP contribution in [0, 0.1) is 5.92 Å². The number of carbonyl (C=O) groups excluding carboxylic acids is 1. The van der Waals surface area contributed by atoms with E-state index in [4.69, 9.17) is 21.1 Å². The second kappa shape index (κ2) is 9.18. The van der Waals surface area contributed by atoms with Gasteiger partial charge in [0, 0.05) is 5.56 Å². The summed E-state index contributed by atoms with van der Waals surface area (Å²) in [5.41, 5.74) is 6.63. The van der Waals surface area contributed by atoms with Gasteiger partial charge in [-0.25, -0.2) is 0 Å². The summed E-state index contributed by atoms with van der Waals surface area (Å²) in [6.45, 7) is 4.78. The third-order valence-electron chi connectivity index (χ3n) is 3.53. The molecule has 0 aliphatic carbocycles. The molecule has 134 valence electrons. The van der Waals surface area contributed by atoms with Crippen LogP contribution in [0.1, 0.15) is 30.6 Å². The number of ether oxygens (including phenoxy) is 2. The van der Waals surface area contributed by atoms with Gasteiger partial charge in [-0.2, -0.15) is 0 Å². The van der Waals surface area contributed by atoms with Crippen molar-refractivity contribution in [3.05, 3.63) is 53.1 Å². The van der Waals surface area contributed by atoms with Gasteiger partial charge in [0.05, 0.1) is 24.4 Å². The maximum Gasteiger partial charge on any atom is 0.269 e. The van der Waals surface area contributed by atoms with Crippen LogP contribution in [0.5, 0.6) is 11.5 Å². The molecule has 1 amide bonds. The number of halogens is 1. The van der Waals surface area contributed by atoms with Gasteiger partial charge in [-0.1, -0.05) is 43.6 Å². The summed E-state index contributed by atoms with van der Waals surface area (Å²) in [7, 11) is 1.52. The van der Waals surface area contributed by atoms with Crippen molar-refractivity contribution >= 4 is 23.2 Å². The van der Waals surface area contributed by atoms with Crippen molar-refractivity contribution in [3.63, 3.8) is 0 Å². The first-order valence-corrected chi connectivity index (χ1v) is 8.50. The number of amides is 1. The van der Waals surface area contributed by atoms with Gasteiger partial charge in [-0.05, 0) is 36.6 Å². The van der Waals surface area contributed by atoms with Gasteiger partial charge in [0.25, 0.3) is 5.91 Å². The molecule has 2 aromatic carbocycles. The summed E-state index contributed by atoms with van der Waals surface area (Å²) in [5, 5.41) is 0.341. The molecule has 5 nitrogen and oxygen atoms in total. The highest BCUT2D eigenvalue weighted by molar-refractivity contribution is 6.32.